The van der Waals surface area contributed by atoms with Gasteiger partial charge in [0, 0.05) is 39.7 Å². The highest BCUT2D eigenvalue weighted by molar-refractivity contribution is 6.07. The molecule has 3 N–H and O–H groups in total. The quantitative estimate of drug-likeness (QED) is 0.627. The summed E-state index contributed by atoms with van der Waals surface area (Å²) in [7, 11) is 5.06. The summed E-state index contributed by atoms with van der Waals surface area (Å²) in [4.78, 5) is 36.1. The molecule has 0 saturated carbocycles. The van der Waals surface area contributed by atoms with Gasteiger partial charge in [-0.1, -0.05) is 0 Å². The molecule has 0 radical (unpaired) electrons. The minimum absolute atomic E-state index is 0.0630. The normalized spacial score (nSPS) is 10.7. The van der Waals surface area contributed by atoms with E-state index < -0.39 is 11.9 Å². The molecule has 0 unspecified atom stereocenters. The Morgan fingerprint density at radius 3 is 1.61 bits per heavy atom. The lowest BCUT2D eigenvalue weighted by molar-refractivity contribution is 0.0686. The monoisotopic (exact) mass is 383 g/mol. The number of hydrogen-bond acceptors (Lipinski definition) is 3. The van der Waals surface area contributed by atoms with Gasteiger partial charge in [0.05, 0.1) is 11.4 Å². The number of rotatable bonds is 5. The zero-order valence-corrected chi connectivity index (χ0v) is 16.0. The second-order valence-corrected chi connectivity index (χ2v) is 6.68. The fourth-order valence-electron chi connectivity index (χ4n) is 3.05. The van der Waals surface area contributed by atoms with E-state index in [2.05, 4.69) is 10.6 Å². The minimum atomic E-state index is -1.08. The Balaban J connectivity index is 1.75. The molecule has 28 heavy (non-hydrogen) atoms. The molecule has 0 fully saturated rings. The molecule has 9 heteroatoms. The van der Waals surface area contributed by atoms with Crippen molar-refractivity contribution in [3.05, 3.63) is 59.4 Å². The summed E-state index contributed by atoms with van der Waals surface area (Å²) in [5.41, 5.74) is 2.72. The largest absolute Gasteiger partial charge is 0.477 e. The van der Waals surface area contributed by atoms with Crippen molar-refractivity contribution in [2.45, 2.75) is 6.92 Å². The van der Waals surface area contributed by atoms with Crippen LogP contribution < -0.4 is 10.6 Å². The van der Waals surface area contributed by atoms with Crippen molar-refractivity contribution in [3.63, 3.8) is 0 Å². The molecule has 3 aromatic rings. The molecule has 0 atom stereocenters. The molecule has 0 spiro atoms. The van der Waals surface area contributed by atoms with Crippen LogP contribution in [0.25, 0.3) is 0 Å². The van der Waals surface area contributed by atoms with E-state index in [0.717, 1.165) is 5.56 Å². The van der Waals surface area contributed by atoms with Crippen molar-refractivity contribution in [2.24, 2.45) is 21.1 Å². The van der Waals surface area contributed by atoms with Gasteiger partial charge in [-0.25, -0.2) is 4.79 Å². The molecule has 2 amide bonds. The number of carbonyl (C=O) groups excluding carboxylic acids is 2. The van der Waals surface area contributed by atoms with E-state index >= 15 is 0 Å². The third kappa shape index (κ3) is 3.68. The summed E-state index contributed by atoms with van der Waals surface area (Å²) < 4.78 is 4.73. The lowest BCUT2D eigenvalue weighted by Gasteiger charge is -2.03. The summed E-state index contributed by atoms with van der Waals surface area (Å²) in [5, 5.41) is 14.5. The van der Waals surface area contributed by atoms with E-state index in [4.69, 9.17) is 5.11 Å². The van der Waals surface area contributed by atoms with Crippen LogP contribution in [0.2, 0.25) is 0 Å². The Morgan fingerprint density at radius 1 is 0.750 bits per heavy atom. The first-order chi connectivity index (χ1) is 13.2. The van der Waals surface area contributed by atoms with Gasteiger partial charge < -0.3 is 29.4 Å². The van der Waals surface area contributed by atoms with Gasteiger partial charge in [0.15, 0.2) is 0 Å². The van der Waals surface area contributed by atoms with Crippen molar-refractivity contribution >= 4 is 29.2 Å². The zero-order valence-electron chi connectivity index (χ0n) is 16.0. The number of aromatic nitrogens is 3. The first-order valence-corrected chi connectivity index (χ1v) is 8.47. The maximum atomic E-state index is 12.5. The number of amides is 2. The number of aromatic carboxylic acids is 1. The van der Waals surface area contributed by atoms with E-state index in [0.29, 0.717) is 22.8 Å². The standard InChI is InChI=1S/C19H21N5O4/c1-11-5-14(22(2)8-11)17(25)20-12-6-15(23(3)9-12)18(26)21-13-7-16(19(27)28)24(4)10-13/h5-10H,1-4H3,(H,20,25)(H,21,26)(H,27,28). The number of hydrogen-bond donors (Lipinski definition) is 3. The minimum Gasteiger partial charge on any atom is -0.477 e. The molecule has 0 aromatic carbocycles. The molecule has 3 heterocycles. The van der Waals surface area contributed by atoms with Crippen LogP contribution in [-0.4, -0.2) is 36.6 Å². The molecule has 3 aromatic heterocycles. The summed E-state index contributed by atoms with van der Waals surface area (Å²) in [6, 6.07) is 4.72. The van der Waals surface area contributed by atoms with Crippen LogP contribution >= 0.6 is 0 Å². The first kappa shape index (κ1) is 19.0. The third-order valence-corrected chi connectivity index (χ3v) is 4.35. The summed E-state index contributed by atoms with van der Waals surface area (Å²) in [5.74, 6) is -1.77. The number of carboxylic acids is 1. The average Bonchev–Trinajstić information content (AvgIpc) is 3.24. The predicted octanol–water partition coefficient (Wildman–Crippen LogP) is 2.21. The van der Waals surface area contributed by atoms with Crippen LogP contribution in [0.1, 0.15) is 37.0 Å². The smallest absolute Gasteiger partial charge is 0.352 e. The highest BCUT2D eigenvalue weighted by Gasteiger charge is 2.17. The average molecular weight is 383 g/mol. The summed E-state index contributed by atoms with van der Waals surface area (Å²) in [6.45, 7) is 1.90. The van der Waals surface area contributed by atoms with Gasteiger partial charge in [-0.15, -0.1) is 0 Å². The Labute approximate surface area is 161 Å². The fourth-order valence-corrected chi connectivity index (χ4v) is 3.05. The molecule has 0 aliphatic rings. The van der Waals surface area contributed by atoms with Crippen molar-refractivity contribution in [1.82, 2.24) is 13.7 Å². The molecular formula is C19H21N5O4. The Kier molecular flexibility index (Phi) is 4.83. The van der Waals surface area contributed by atoms with E-state index in [-0.39, 0.29) is 11.6 Å². The van der Waals surface area contributed by atoms with Gasteiger partial charge in [-0.05, 0) is 30.7 Å². The Morgan fingerprint density at radius 2 is 1.18 bits per heavy atom. The number of carboxylic acid groups (broad SMARTS) is 1. The lowest BCUT2D eigenvalue weighted by Crippen LogP contribution is -2.15. The molecule has 146 valence electrons. The SMILES string of the molecule is Cc1cc(C(=O)Nc2cc(C(=O)Nc3cc(C(=O)O)n(C)c3)n(C)c2)n(C)c1. The van der Waals surface area contributed by atoms with Crippen molar-refractivity contribution in [2.75, 3.05) is 10.6 Å². The molecule has 3 rings (SSSR count). The van der Waals surface area contributed by atoms with Gasteiger partial charge in [0.25, 0.3) is 11.8 Å². The second kappa shape index (κ2) is 7.10. The molecule has 0 aliphatic heterocycles. The zero-order chi connectivity index (χ0) is 20.6. The number of carbonyl (C=O) groups is 3. The Bertz CT molecular complexity index is 1090. The molecule has 0 aliphatic carbocycles. The molecule has 9 nitrogen and oxygen atoms in total. The van der Waals surface area contributed by atoms with Gasteiger partial charge >= 0.3 is 5.97 Å². The van der Waals surface area contributed by atoms with Crippen molar-refractivity contribution in [1.29, 1.82) is 0 Å². The van der Waals surface area contributed by atoms with E-state index in [1.54, 1.807) is 48.6 Å². The van der Waals surface area contributed by atoms with Crippen LogP contribution in [0.15, 0.2) is 36.8 Å². The topological polar surface area (TPSA) is 110 Å². The van der Waals surface area contributed by atoms with Crippen LogP contribution in [0.3, 0.4) is 0 Å². The summed E-state index contributed by atoms with van der Waals surface area (Å²) >= 11 is 0. The van der Waals surface area contributed by atoms with E-state index in [1.165, 1.54) is 16.8 Å². The van der Waals surface area contributed by atoms with Crippen molar-refractivity contribution in [3.8, 4) is 0 Å². The predicted molar refractivity (Wildman–Crippen MR) is 104 cm³/mol. The first-order valence-electron chi connectivity index (χ1n) is 8.47. The van der Waals surface area contributed by atoms with Gasteiger partial charge in [-0.2, -0.15) is 0 Å². The molecular weight excluding hydrogens is 362 g/mol. The molecule has 0 saturated heterocycles. The van der Waals surface area contributed by atoms with Gasteiger partial charge in [-0.3, -0.25) is 9.59 Å². The number of nitrogens with one attached hydrogen (secondary N) is 2. The number of anilines is 2. The van der Waals surface area contributed by atoms with Crippen LogP contribution in [0.5, 0.6) is 0 Å². The van der Waals surface area contributed by atoms with Crippen LogP contribution in [-0.2, 0) is 21.1 Å². The lowest BCUT2D eigenvalue weighted by atomic mass is 10.3. The van der Waals surface area contributed by atoms with Crippen molar-refractivity contribution < 1.29 is 19.5 Å². The molecule has 0 bridgehead atoms. The maximum Gasteiger partial charge on any atom is 0.352 e. The Hall–Kier alpha value is -3.75. The maximum absolute atomic E-state index is 12.5. The third-order valence-electron chi connectivity index (χ3n) is 4.35. The number of nitrogens with zero attached hydrogens (tertiary/aromatic N) is 3. The van der Waals surface area contributed by atoms with E-state index in [1.807, 2.05) is 13.1 Å². The number of aryl methyl sites for hydroxylation is 4. The highest BCUT2D eigenvalue weighted by Crippen LogP contribution is 2.18. The fraction of sp³-hybridized carbons (Fsp3) is 0.211. The van der Waals surface area contributed by atoms with E-state index in [9.17, 15) is 14.4 Å². The second-order valence-electron chi connectivity index (χ2n) is 6.68. The van der Waals surface area contributed by atoms with Crippen LogP contribution in [0, 0.1) is 6.92 Å². The van der Waals surface area contributed by atoms with Gasteiger partial charge in [0.1, 0.15) is 17.1 Å². The van der Waals surface area contributed by atoms with Crippen LogP contribution in [0.4, 0.5) is 11.4 Å². The highest BCUT2D eigenvalue weighted by atomic mass is 16.4. The summed E-state index contributed by atoms with van der Waals surface area (Å²) in [6.07, 6.45) is 5.00. The van der Waals surface area contributed by atoms with Gasteiger partial charge in [0.2, 0.25) is 0 Å².